The molecular weight excluding hydrogens is 264 g/mol. The van der Waals surface area contributed by atoms with Crippen LogP contribution < -0.4 is 5.56 Å². The third kappa shape index (κ3) is 2.48. The largest absolute Gasteiger partial charge is 0.375 e. The number of rotatable bonds is 1. The average Bonchev–Trinajstić information content (AvgIpc) is 2.42. The second kappa shape index (κ2) is 4.95. The van der Waals surface area contributed by atoms with E-state index in [9.17, 15) is 4.79 Å². The molecular formula is C17H22N2O2. The first-order chi connectivity index (χ1) is 9.89. The second-order valence-corrected chi connectivity index (χ2v) is 6.62. The van der Waals surface area contributed by atoms with Crippen molar-refractivity contribution in [1.29, 1.82) is 0 Å². The fourth-order valence-corrected chi connectivity index (χ4v) is 3.15. The molecule has 112 valence electrons. The van der Waals surface area contributed by atoms with Gasteiger partial charge in [-0.3, -0.25) is 9.36 Å². The number of hydrogen-bond acceptors (Lipinski definition) is 3. The minimum Gasteiger partial charge on any atom is -0.375 e. The summed E-state index contributed by atoms with van der Waals surface area (Å²) < 4.78 is 7.54. The molecule has 0 bridgehead atoms. The maximum atomic E-state index is 12.8. The molecule has 21 heavy (non-hydrogen) atoms. The summed E-state index contributed by atoms with van der Waals surface area (Å²) in [7, 11) is 0. The highest BCUT2D eigenvalue weighted by molar-refractivity contribution is 5.81. The van der Waals surface area contributed by atoms with E-state index in [2.05, 4.69) is 18.8 Å². The van der Waals surface area contributed by atoms with E-state index in [1.165, 1.54) is 5.56 Å². The van der Waals surface area contributed by atoms with Gasteiger partial charge in [-0.15, -0.1) is 0 Å². The van der Waals surface area contributed by atoms with Crippen molar-refractivity contribution in [3.8, 4) is 0 Å². The molecule has 2 aromatic rings. The molecule has 1 fully saturated rings. The minimum atomic E-state index is -0.180. The first-order valence-electron chi connectivity index (χ1n) is 7.50. The summed E-state index contributed by atoms with van der Waals surface area (Å²) in [4.78, 5) is 17.3. The molecule has 1 atom stereocenters. The number of hydrogen-bond donors (Lipinski definition) is 0. The number of nitrogens with zero attached hydrogens (tertiary/aromatic N) is 2. The van der Waals surface area contributed by atoms with Crippen LogP contribution in [0.3, 0.4) is 0 Å². The maximum Gasteiger partial charge on any atom is 0.261 e. The molecule has 1 aliphatic heterocycles. The quantitative estimate of drug-likeness (QED) is 0.809. The van der Waals surface area contributed by atoms with E-state index in [0.717, 1.165) is 23.9 Å². The molecule has 1 saturated heterocycles. The van der Waals surface area contributed by atoms with Crippen molar-refractivity contribution in [1.82, 2.24) is 9.55 Å². The molecule has 0 N–H and O–H groups in total. The standard InChI is InChI=1S/C17H22N2O2/c1-11-5-6-14-15(12(11)2)18-10-19(16(14)20)13-7-8-21-17(3,4)9-13/h5-6,10,13H,7-9H2,1-4H3. The zero-order valence-corrected chi connectivity index (χ0v) is 13.1. The number of aryl methyl sites for hydroxylation is 2. The first-order valence-corrected chi connectivity index (χ1v) is 7.50. The van der Waals surface area contributed by atoms with E-state index < -0.39 is 0 Å². The van der Waals surface area contributed by atoms with Crippen LogP contribution in [0.1, 0.15) is 43.9 Å². The molecule has 4 heteroatoms. The lowest BCUT2D eigenvalue weighted by molar-refractivity contribution is -0.0696. The molecule has 4 nitrogen and oxygen atoms in total. The van der Waals surface area contributed by atoms with Crippen LogP contribution in [0.5, 0.6) is 0 Å². The molecule has 3 rings (SSSR count). The number of fused-ring (bicyclic) bond motifs is 1. The lowest BCUT2D eigenvalue weighted by Gasteiger charge is -2.36. The summed E-state index contributed by atoms with van der Waals surface area (Å²) in [6, 6.07) is 4.06. The van der Waals surface area contributed by atoms with Crippen LogP contribution in [0, 0.1) is 13.8 Å². The van der Waals surface area contributed by atoms with Gasteiger partial charge in [-0.2, -0.15) is 0 Å². The second-order valence-electron chi connectivity index (χ2n) is 6.62. The predicted octanol–water partition coefficient (Wildman–Crippen LogP) is 3.14. The molecule has 1 aromatic carbocycles. The number of ether oxygens (including phenoxy) is 1. The van der Waals surface area contributed by atoms with Crippen LogP contribution in [-0.4, -0.2) is 21.8 Å². The van der Waals surface area contributed by atoms with E-state index in [-0.39, 0.29) is 17.2 Å². The van der Waals surface area contributed by atoms with Crippen molar-refractivity contribution < 1.29 is 4.74 Å². The molecule has 0 spiro atoms. The van der Waals surface area contributed by atoms with Gasteiger partial charge >= 0.3 is 0 Å². The Morgan fingerprint density at radius 3 is 2.81 bits per heavy atom. The van der Waals surface area contributed by atoms with Gasteiger partial charge in [-0.25, -0.2) is 4.98 Å². The number of aromatic nitrogens is 2. The average molecular weight is 286 g/mol. The van der Waals surface area contributed by atoms with Gasteiger partial charge in [0, 0.05) is 12.6 Å². The van der Waals surface area contributed by atoms with Gasteiger partial charge < -0.3 is 4.74 Å². The van der Waals surface area contributed by atoms with Crippen molar-refractivity contribution >= 4 is 10.9 Å². The summed E-state index contributed by atoms with van der Waals surface area (Å²) in [5.74, 6) is 0. The minimum absolute atomic E-state index is 0.0609. The van der Waals surface area contributed by atoms with Crippen molar-refractivity contribution in [2.75, 3.05) is 6.61 Å². The predicted molar refractivity (Wildman–Crippen MR) is 83.8 cm³/mol. The zero-order chi connectivity index (χ0) is 15.2. The SMILES string of the molecule is Cc1ccc2c(=O)n(C3CCOC(C)(C)C3)cnc2c1C. The van der Waals surface area contributed by atoms with Crippen LogP contribution in [-0.2, 0) is 4.74 Å². The van der Waals surface area contributed by atoms with E-state index in [1.54, 1.807) is 10.9 Å². The first kappa shape index (κ1) is 14.3. The molecule has 0 aliphatic carbocycles. The topological polar surface area (TPSA) is 44.1 Å². The van der Waals surface area contributed by atoms with Gasteiger partial charge in [0.25, 0.3) is 5.56 Å². The summed E-state index contributed by atoms with van der Waals surface area (Å²) in [5, 5.41) is 0.713. The molecule has 1 unspecified atom stereocenters. The van der Waals surface area contributed by atoms with Gasteiger partial charge in [0.15, 0.2) is 0 Å². The smallest absolute Gasteiger partial charge is 0.261 e. The van der Waals surface area contributed by atoms with Gasteiger partial charge in [0.2, 0.25) is 0 Å². The summed E-state index contributed by atoms with van der Waals surface area (Å²) in [6.07, 6.45) is 3.41. The van der Waals surface area contributed by atoms with Crippen LogP contribution in [0.4, 0.5) is 0 Å². The van der Waals surface area contributed by atoms with Gasteiger partial charge in [-0.1, -0.05) is 6.07 Å². The van der Waals surface area contributed by atoms with Crippen molar-refractivity contribution in [3.63, 3.8) is 0 Å². The maximum absolute atomic E-state index is 12.8. The molecule has 0 amide bonds. The van der Waals surface area contributed by atoms with Crippen LogP contribution in [0.15, 0.2) is 23.3 Å². The third-order valence-electron chi connectivity index (χ3n) is 4.54. The van der Waals surface area contributed by atoms with Crippen molar-refractivity contribution in [2.24, 2.45) is 0 Å². The van der Waals surface area contributed by atoms with E-state index in [0.29, 0.717) is 12.0 Å². The Bertz CT molecular complexity index is 746. The van der Waals surface area contributed by atoms with E-state index >= 15 is 0 Å². The monoisotopic (exact) mass is 286 g/mol. The Balaban J connectivity index is 2.11. The normalized spacial score (nSPS) is 21.6. The van der Waals surface area contributed by atoms with Gasteiger partial charge in [0.1, 0.15) is 0 Å². The van der Waals surface area contributed by atoms with Crippen molar-refractivity contribution in [2.45, 2.75) is 52.2 Å². The van der Waals surface area contributed by atoms with E-state index in [1.807, 2.05) is 26.0 Å². The van der Waals surface area contributed by atoms with E-state index in [4.69, 9.17) is 4.74 Å². The number of benzene rings is 1. The molecule has 1 aliphatic rings. The van der Waals surface area contributed by atoms with Crippen LogP contribution in [0.2, 0.25) is 0 Å². The Kier molecular flexibility index (Phi) is 3.36. The highest BCUT2D eigenvalue weighted by Gasteiger charge is 2.30. The Morgan fingerprint density at radius 1 is 1.33 bits per heavy atom. The fourth-order valence-electron chi connectivity index (χ4n) is 3.15. The summed E-state index contributed by atoms with van der Waals surface area (Å²) in [6.45, 7) is 8.91. The van der Waals surface area contributed by atoms with Gasteiger partial charge in [0.05, 0.1) is 22.8 Å². The Morgan fingerprint density at radius 2 is 2.10 bits per heavy atom. The van der Waals surface area contributed by atoms with Gasteiger partial charge in [-0.05, 0) is 57.7 Å². The Labute approximate surface area is 124 Å². The lowest BCUT2D eigenvalue weighted by Crippen LogP contribution is -2.38. The van der Waals surface area contributed by atoms with Crippen LogP contribution >= 0.6 is 0 Å². The Hall–Kier alpha value is -1.68. The van der Waals surface area contributed by atoms with Crippen molar-refractivity contribution in [3.05, 3.63) is 39.9 Å². The molecule has 0 radical (unpaired) electrons. The highest BCUT2D eigenvalue weighted by atomic mass is 16.5. The third-order valence-corrected chi connectivity index (χ3v) is 4.54. The molecule has 0 saturated carbocycles. The molecule has 1 aromatic heterocycles. The summed E-state index contributed by atoms with van der Waals surface area (Å²) in [5.41, 5.74) is 2.96. The zero-order valence-electron chi connectivity index (χ0n) is 13.1. The van der Waals surface area contributed by atoms with Crippen LogP contribution in [0.25, 0.3) is 10.9 Å². The summed E-state index contributed by atoms with van der Waals surface area (Å²) >= 11 is 0. The highest BCUT2D eigenvalue weighted by Crippen LogP contribution is 2.31. The lowest BCUT2D eigenvalue weighted by atomic mass is 9.93. The molecule has 2 heterocycles. The fraction of sp³-hybridized carbons (Fsp3) is 0.529.